The summed E-state index contributed by atoms with van der Waals surface area (Å²) in [6.45, 7) is 6.96. The van der Waals surface area contributed by atoms with Crippen molar-refractivity contribution in [2.45, 2.75) is 51.7 Å². The molecule has 4 nitrogen and oxygen atoms in total. The number of amides is 1. The summed E-state index contributed by atoms with van der Waals surface area (Å²) in [7, 11) is 0. The zero-order valence-electron chi connectivity index (χ0n) is 11.6. The van der Waals surface area contributed by atoms with E-state index in [4.69, 9.17) is 4.74 Å². The lowest BCUT2D eigenvalue weighted by atomic mass is 9.78. The van der Waals surface area contributed by atoms with E-state index in [-0.39, 0.29) is 12.0 Å². The molecule has 0 spiro atoms. The first-order valence-electron chi connectivity index (χ1n) is 7.28. The Balaban J connectivity index is 1.75. The van der Waals surface area contributed by atoms with Crippen LogP contribution in [0.2, 0.25) is 0 Å². The van der Waals surface area contributed by atoms with Crippen molar-refractivity contribution in [3.63, 3.8) is 0 Å². The van der Waals surface area contributed by atoms with Gasteiger partial charge in [-0.15, -0.1) is 0 Å². The van der Waals surface area contributed by atoms with Crippen molar-refractivity contribution in [3.05, 3.63) is 0 Å². The molecule has 4 heteroatoms. The highest BCUT2D eigenvalue weighted by molar-refractivity contribution is 5.76. The third-order valence-corrected chi connectivity index (χ3v) is 4.47. The van der Waals surface area contributed by atoms with E-state index in [0.29, 0.717) is 18.4 Å². The molecule has 1 aliphatic heterocycles. The molecule has 4 atom stereocenters. The van der Waals surface area contributed by atoms with Gasteiger partial charge in [0.25, 0.3) is 0 Å². The summed E-state index contributed by atoms with van der Waals surface area (Å²) < 4.78 is 5.56. The van der Waals surface area contributed by atoms with E-state index >= 15 is 0 Å². The highest BCUT2D eigenvalue weighted by atomic mass is 16.5. The molecule has 0 aromatic rings. The van der Waals surface area contributed by atoms with Gasteiger partial charge in [0.1, 0.15) is 0 Å². The largest absolute Gasteiger partial charge is 0.375 e. The molecule has 2 rings (SSSR count). The summed E-state index contributed by atoms with van der Waals surface area (Å²) in [6.07, 6.45) is 4.20. The van der Waals surface area contributed by atoms with Gasteiger partial charge in [0.05, 0.1) is 19.1 Å². The van der Waals surface area contributed by atoms with E-state index in [1.54, 1.807) is 0 Å². The van der Waals surface area contributed by atoms with Gasteiger partial charge < -0.3 is 15.4 Å². The number of nitrogens with one attached hydrogen (secondary N) is 2. The Morgan fingerprint density at radius 3 is 2.94 bits per heavy atom. The molecule has 18 heavy (non-hydrogen) atoms. The molecule has 1 aliphatic carbocycles. The topological polar surface area (TPSA) is 50.4 Å². The molecular weight excluding hydrogens is 228 g/mol. The lowest BCUT2D eigenvalue weighted by molar-refractivity contribution is -0.125. The summed E-state index contributed by atoms with van der Waals surface area (Å²) in [5.74, 6) is 1.46. The minimum Gasteiger partial charge on any atom is -0.375 e. The van der Waals surface area contributed by atoms with Crippen LogP contribution in [0.15, 0.2) is 0 Å². The predicted octanol–water partition coefficient (Wildman–Crippen LogP) is 1.31. The Labute approximate surface area is 110 Å². The van der Waals surface area contributed by atoms with Gasteiger partial charge in [-0.1, -0.05) is 26.7 Å². The lowest BCUT2D eigenvalue weighted by Gasteiger charge is -2.35. The number of carbonyl (C=O) groups excluding carboxylic acids is 1. The molecule has 104 valence electrons. The van der Waals surface area contributed by atoms with Gasteiger partial charge in [-0.25, -0.2) is 0 Å². The number of hydrogen-bond acceptors (Lipinski definition) is 3. The third kappa shape index (κ3) is 3.69. The fourth-order valence-corrected chi connectivity index (χ4v) is 3.01. The van der Waals surface area contributed by atoms with Crippen molar-refractivity contribution >= 4 is 5.91 Å². The maximum absolute atomic E-state index is 12.0. The molecule has 1 amide bonds. The van der Waals surface area contributed by atoms with Crippen LogP contribution in [0.25, 0.3) is 0 Å². The van der Waals surface area contributed by atoms with Crippen molar-refractivity contribution in [3.8, 4) is 0 Å². The van der Waals surface area contributed by atoms with Crippen LogP contribution in [-0.4, -0.2) is 37.7 Å². The second kappa shape index (κ2) is 6.53. The normalized spacial score (nSPS) is 37.2. The van der Waals surface area contributed by atoms with Gasteiger partial charge in [0.15, 0.2) is 0 Å². The molecule has 4 unspecified atom stereocenters. The fourth-order valence-electron chi connectivity index (χ4n) is 3.01. The van der Waals surface area contributed by atoms with E-state index in [1.807, 2.05) is 0 Å². The van der Waals surface area contributed by atoms with E-state index < -0.39 is 0 Å². The van der Waals surface area contributed by atoms with Crippen LogP contribution in [-0.2, 0) is 9.53 Å². The number of morpholine rings is 1. The number of ether oxygens (including phenoxy) is 1. The van der Waals surface area contributed by atoms with E-state index in [0.717, 1.165) is 32.0 Å². The summed E-state index contributed by atoms with van der Waals surface area (Å²) in [6, 6.07) is 0.359. The van der Waals surface area contributed by atoms with Crippen molar-refractivity contribution in [2.24, 2.45) is 11.8 Å². The van der Waals surface area contributed by atoms with Gasteiger partial charge in [0, 0.05) is 19.1 Å². The van der Waals surface area contributed by atoms with Crippen LogP contribution in [0.5, 0.6) is 0 Å². The first kappa shape index (κ1) is 13.8. The summed E-state index contributed by atoms with van der Waals surface area (Å²) in [5.41, 5.74) is 0. The molecule has 0 aromatic carbocycles. The number of hydrogen-bond donors (Lipinski definition) is 2. The third-order valence-electron chi connectivity index (χ3n) is 4.47. The smallest absolute Gasteiger partial charge is 0.222 e. The highest BCUT2D eigenvalue weighted by Gasteiger charge is 2.28. The molecule has 2 aliphatic rings. The second-order valence-corrected chi connectivity index (χ2v) is 5.84. The Morgan fingerprint density at radius 1 is 1.39 bits per heavy atom. The maximum atomic E-state index is 12.0. The molecule has 2 fully saturated rings. The minimum absolute atomic E-state index is 0.0510. The quantitative estimate of drug-likeness (QED) is 0.798. The maximum Gasteiger partial charge on any atom is 0.222 e. The number of rotatable bonds is 3. The molecule has 0 bridgehead atoms. The van der Waals surface area contributed by atoms with Crippen molar-refractivity contribution in [1.82, 2.24) is 10.6 Å². The molecule has 1 saturated heterocycles. The Hall–Kier alpha value is -0.610. The Morgan fingerprint density at radius 2 is 2.22 bits per heavy atom. The van der Waals surface area contributed by atoms with Crippen LogP contribution in [0, 0.1) is 11.8 Å². The predicted molar refractivity (Wildman–Crippen MR) is 71.3 cm³/mol. The zero-order valence-corrected chi connectivity index (χ0v) is 11.6. The van der Waals surface area contributed by atoms with Crippen molar-refractivity contribution in [2.75, 3.05) is 19.7 Å². The van der Waals surface area contributed by atoms with Gasteiger partial charge in [-0.2, -0.15) is 0 Å². The number of carbonyl (C=O) groups is 1. The van der Waals surface area contributed by atoms with Gasteiger partial charge in [-0.05, 0) is 18.3 Å². The fraction of sp³-hybridized carbons (Fsp3) is 0.929. The van der Waals surface area contributed by atoms with Crippen LogP contribution < -0.4 is 10.6 Å². The van der Waals surface area contributed by atoms with Crippen LogP contribution in [0.1, 0.15) is 39.5 Å². The van der Waals surface area contributed by atoms with Gasteiger partial charge in [0.2, 0.25) is 5.91 Å². The molecule has 1 saturated carbocycles. The van der Waals surface area contributed by atoms with Crippen LogP contribution in [0.4, 0.5) is 0 Å². The van der Waals surface area contributed by atoms with Gasteiger partial charge >= 0.3 is 0 Å². The first-order chi connectivity index (χ1) is 8.66. The molecule has 0 aromatic heterocycles. The lowest BCUT2D eigenvalue weighted by Crippen LogP contribution is -2.46. The monoisotopic (exact) mass is 254 g/mol. The molecular formula is C14H26N2O2. The summed E-state index contributed by atoms with van der Waals surface area (Å²) in [5, 5.41) is 6.45. The average molecular weight is 254 g/mol. The van der Waals surface area contributed by atoms with E-state index in [9.17, 15) is 4.79 Å². The molecule has 2 N–H and O–H groups in total. The van der Waals surface area contributed by atoms with Crippen molar-refractivity contribution < 1.29 is 9.53 Å². The zero-order chi connectivity index (χ0) is 13.0. The SMILES string of the molecule is CC1CCCC(NC(=O)CC2CNCCO2)C1C. The minimum atomic E-state index is 0.0510. The standard InChI is InChI=1S/C14H26N2O2/c1-10-4-3-5-13(11(10)2)16-14(17)8-12-9-15-6-7-18-12/h10-13,15H,3-9H2,1-2H3,(H,16,17). The van der Waals surface area contributed by atoms with Crippen LogP contribution >= 0.6 is 0 Å². The Bertz CT molecular complexity index is 277. The summed E-state index contributed by atoms with van der Waals surface area (Å²) >= 11 is 0. The van der Waals surface area contributed by atoms with E-state index in [1.165, 1.54) is 12.8 Å². The molecule has 1 heterocycles. The average Bonchev–Trinajstić information content (AvgIpc) is 2.36. The second-order valence-electron chi connectivity index (χ2n) is 5.84. The Kier molecular flexibility index (Phi) is 5.01. The van der Waals surface area contributed by atoms with Crippen LogP contribution in [0.3, 0.4) is 0 Å². The first-order valence-corrected chi connectivity index (χ1v) is 7.28. The van der Waals surface area contributed by atoms with Crippen molar-refractivity contribution in [1.29, 1.82) is 0 Å². The summed E-state index contributed by atoms with van der Waals surface area (Å²) in [4.78, 5) is 12.0. The van der Waals surface area contributed by atoms with Gasteiger partial charge in [-0.3, -0.25) is 4.79 Å². The van der Waals surface area contributed by atoms with E-state index in [2.05, 4.69) is 24.5 Å². The highest BCUT2D eigenvalue weighted by Crippen LogP contribution is 2.29. The molecule has 0 radical (unpaired) electrons.